The fourth-order valence-electron chi connectivity index (χ4n) is 1.51. The topological polar surface area (TPSA) is 38.7 Å². The summed E-state index contributed by atoms with van der Waals surface area (Å²) in [6, 6.07) is 0. The number of nitrogens with zero attached hydrogens (tertiary/aromatic N) is 1. The van der Waals surface area contributed by atoms with E-state index in [4.69, 9.17) is 4.74 Å². The van der Waals surface area contributed by atoms with Crippen molar-refractivity contribution in [3.05, 3.63) is 0 Å². The van der Waals surface area contributed by atoms with Gasteiger partial charge in [0.25, 0.3) is 0 Å². The van der Waals surface area contributed by atoms with Crippen LogP contribution >= 0.6 is 0 Å². The molecule has 0 N–H and O–H groups in total. The van der Waals surface area contributed by atoms with Crippen molar-refractivity contribution >= 4 is 11.7 Å². The molecule has 1 heterocycles. The first kappa shape index (κ1) is 7.77. The predicted octanol–water partition coefficient (Wildman–Crippen LogP) is 1.17. The normalized spacial score (nSPS) is 22.8. The van der Waals surface area contributed by atoms with E-state index in [1.165, 1.54) is 6.42 Å². The van der Waals surface area contributed by atoms with Gasteiger partial charge in [-0.15, -0.1) is 0 Å². The van der Waals surface area contributed by atoms with Crippen LogP contribution in [0.25, 0.3) is 0 Å². The lowest BCUT2D eigenvalue weighted by Crippen LogP contribution is -2.24. The number of ether oxygens (including phenoxy) is 1. The van der Waals surface area contributed by atoms with E-state index in [2.05, 4.69) is 4.99 Å². The molecular formula is C9H13NO2. The summed E-state index contributed by atoms with van der Waals surface area (Å²) < 4.78 is 5.17. The molecule has 0 spiro atoms. The van der Waals surface area contributed by atoms with Gasteiger partial charge in [-0.3, -0.25) is 9.79 Å². The van der Waals surface area contributed by atoms with Gasteiger partial charge in [-0.05, 0) is 12.8 Å². The SMILES string of the molecule is O=C(CC1=NCCO1)C1CCC1. The lowest BCUT2D eigenvalue weighted by Gasteiger charge is -2.23. The summed E-state index contributed by atoms with van der Waals surface area (Å²) in [5, 5.41) is 0. The molecule has 0 aromatic rings. The minimum atomic E-state index is 0.317. The quantitative estimate of drug-likeness (QED) is 0.633. The zero-order valence-corrected chi connectivity index (χ0v) is 7.08. The van der Waals surface area contributed by atoms with Crippen LogP contribution in [0, 0.1) is 5.92 Å². The fraction of sp³-hybridized carbons (Fsp3) is 0.778. The van der Waals surface area contributed by atoms with E-state index < -0.39 is 0 Å². The zero-order valence-electron chi connectivity index (χ0n) is 7.08. The molecule has 0 aromatic carbocycles. The van der Waals surface area contributed by atoms with Crippen LogP contribution in [0.15, 0.2) is 4.99 Å². The number of ketones is 1. The summed E-state index contributed by atoms with van der Waals surface area (Å²) in [7, 11) is 0. The Morgan fingerprint density at radius 2 is 2.42 bits per heavy atom. The second-order valence-corrected chi connectivity index (χ2v) is 3.39. The smallest absolute Gasteiger partial charge is 0.190 e. The third-order valence-corrected chi connectivity index (χ3v) is 2.53. The molecule has 0 bridgehead atoms. The van der Waals surface area contributed by atoms with Gasteiger partial charge in [-0.1, -0.05) is 6.42 Å². The molecule has 1 aliphatic carbocycles. The van der Waals surface area contributed by atoms with Crippen molar-refractivity contribution in [2.45, 2.75) is 25.7 Å². The van der Waals surface area contributed by atoms with E-state index in [1.54, 1.807) is 0 Å². The molecule has 0 radical (unpaired) electrons. The van der Waals surface area contributed by atoms with Gasteiger partial charge < -0.3 is 4.74 Å². The summed E-state index contributed by atoms with van der Waals surface area (Å²) in [4.78, 5) is 15.5. The molecule has 2 rings (SSSR count). The maximum atomic E-state index is 11.4. The Morgan fingerprint density at radius 1 is 1.58 bits per heavy atom. The molecule has 0 atom stereocenters. The molecule has 0 saturated heterocycles. The molecule has 2 aliphatic rings. The van der Waals surface area contributed by atoms with E-state index in [0.717, 1.165) is 19.4 Å². The van der Waals surface area contributed by atoms with Crippen molar-refractivity contribution < 1.29 is 9.53 Å². The highest BCUT2D eigenvalue weighted by Gasteiger charge is 2.26. The fourth-order valence-corrected chi connectivity index (χ4v) is 1.51. The largest absolute Gasteiger partial charge is 0.479 e. The Morgan fingerprint density at radius 3 is 2.92 bits per heavy atom. The summed E-state index contributed by atoms with van der Waals surface area (Å²) in [5.41, 5.74) is 0. The molecule has 0 aromatic heterocycles. The van der Waals surface area contributed by atoms with Gasteiger partial charge in [0.15, 0.2) is 5.90 Å². The Hall–Kier alpha value is -0.860. The molecule has 1 aliphatic heterocycles. The van der Waals surface area contributed by atoms with Gasteiger partial charge in [0.05, 0.1) is 13.0 Å². The van der Waals surface area contributed by atoms with Crippen LogP contribution in [0.2, 0.25) is 0 Å². The van der Waals surface area contributed by atoms with Crippen molar-refractivity contribution in [3.8, 4) is 0 Å². The van der Waals surface area contributed by atoms with Gasteiger partial charge in [-0.2, -0.15) is 0 Å². The van der Waals surface area contributed by atoms with Crippen LogP contribution in [-0.2, 0) is 9.53 Å². The number of hydrogen-bond donors (Lipinski definition) is 0. The van der Waals surface area contributed by atoms with Crippen molar-refractivity contribution in [2.24, 2.45) is 10.9 Å². The van der Waals surface area contributed by atoms with E-state index in [-0.39, 0.29) is 0 Å². The van der Waals surface area contributed by atoms with E-state index >= 15 is 0 Å². The Bertz CT molecular complexity index is 219. The Balaban J connectivity index is 1.81. The van der Waals surface area contributed by atoms with E-state index in [1.807, 2.05) is 0 Å². The van der Waals surface area contributed by atoms with E-state index in [0.29, 0.717) is 30.6 Å². The van der Waals surface area contributed by atoms with Crippen LogP contribution in [0.5, 0.6) is 0 Å². The number of Topliss-reactive ketones (excluding diaryl/α,β-unsaturated/α-hetero) is 1. The number of rotatable bonds is 3. The lowest BCUT2D eigenvalue weighted by atomic mass is 9.81. The third-order valence-electron chi connectivity index (χ3n) is 2.53. The molecule has 3 nitrogen and oxygen atoms in total. The summed E-state index contributed by atoms with van der Waals surface area (Å²) in [5.74, 6) is 1.30. The van der Waals surface area contributed by atoms with E-state index in [9.17, 15) is 4.79 Å². The number of hydrogen-bond acceptors (Lipinski definition) is 3. The summed E-state index contributed by atoms with van der Waals surface area (Å²) in [6.45, 7) is 1.39. The number of aliphatic imine (C=N–C) groups is 1. The molecule has 3 heteroatoms. The average molecular weight is 167 g/mol. The third kappa shape index (κ3) is 1.49. The van der Waals surface area contributed by atoms with Gasteiger partial charge >= 0.3 is 0 Å². The number of carbonyl (C=O) groups is 1. The Labute approximate surface area is 71.8 Å². The summed E-state index contributed by atoms with van der Waals surface area (Å²) >= 11 is 0. The maximum Gasteiger partial charge on any atom is 0.190 e. The first-order valence-electron chi connectivity index (χ1n) is 4.55. The number of carbonyl (C=O) groups excluding carboxylic acids is 1. The van der Waals surface area contributed by atoms with Crippen LogP contribution in [0.3, 0.4) is 0 Å². The molecular weight excluding hydrogens is 154 g/mol. The molecule has 12 heavy (non-hydrogen) atoms. The average Bonchev–Trinajstić information content (AvgIpc) is 2.34. The van der Waals surface area contributed by atoms with Crippen LogP contribution in [0.4, 0.5) is 0 Å². The molecule has 66 valence electrons. The standard InChI is InChI=1S/C9H13NO2/c11-8(7-2-1-3-7)6-9-10-4-5-12-9/h7H,1-6H2. The second-order valence-electron chi connectivity index (χ2n) is 3.39. The lowest BCUT2D eigenvalue weighted by molar-refractivity contribution is -0.124. The monoisotopic (exact) mass is 167 g/mol. The van der Waals surface area contributed by atoms with Gasteiger partial charge in [0.2, 0.25) is 0 Å². The van der Waals surface area contributed by atoms with Gasteiger partial charge in [-0.25, -0.2) is 0 Å². The van der Waals surface area contributed by atoms with Crippen LogP contribution < -0.4 is 0 Å². The minimum absolute atomic E-state index is 0.317. The highest BCUT2D eigenvalue weighted by atomic mass is 16.5. The van der Waals surface area contributed by atoms with Crippen molar-refractivity contribution in [1.82, 2.24) is 0 Å². The van der Waals surface area contributed by atoms with Gasteiger partial charge in [0.1, 0.15) is 12.4 Å². The van der Waals surface area contributed by atoms with Crippen LogP contribution in [-0.4, -0.2) is 24.8 Å². The molecule has 1 saturated carbocycles. The highest BCUT2D eigenvalue weighted by Crippen LogP contribution is 2.28. The van der Waals surface area contributed by atoms with Crippen LogP contribution in [0.1, 0.15) is 25.7 Å². The zero-order chi connectivity index (χ0) is 8.39. The summed E-state index contributed by atoms with van der Waals surface area (Å²) in [6.07, 6.45) is 3.80. The Kier molecular flexibility index (Phi) is 2.11. The first-order valence-corrected chi connectivity index (χ1v) is 4.55. The minimum Gasteiger partial charge on any atom is -0.479 e. The second kappa shape index (κ2) is 3.25. The van der Waals surface area contributed by atoms with Crippen molar-refractivity contribution in [3.63, 3.8) is 0 Å². The predicted molar refractivity (Wildman–Crippen MR) is 45.2 cm³/mol. The maximum absolute atomic E-state index is 11.4. The first-order chi connectivity index (χ1) is 5.86. The molecule has 1 fully saturated rings. The molecule has 0 unspecified atom stereocenters. The highest BCUT2D eigenvalue weighted by molar-refractivity contribution is 5.99. The molecule has 0 amide bonds. The van der Waals surface area contributed by atoms with Gasteiger partial charge in [0, 0.05) is 5.92 Å². The van der Waals surface area contributed by atoms with Crippen molar-refractivity contribution in [1.29, 1.82) is 0 Å². The van der Waals surface area contributed by atoms with Crippen molar-refractivity contribution in [2.75, 3.05) is 13.2 Å².